The summed E-state index contributed by atoms with van der Waals surface area (Å²) in [6.07, 6.45) is 0.840. The van der Waals surface area contributed by atoms with Crippen LogP contribution in [0.4, 0.5) is 0 Å². The molecule has 0 aromatic heterocycles. The fourth-order valence-electron chi connectivity index (χ4n) is 2.18. The summed E-state index contributed by atoms with van der Waals surface area (Å²) in [6, 6.07) is 0. The predicted molar refractivity (Wildman–Crippen MR) is 69.7 cm³/mol. The first-order valence-electron chi connectivity index (χ1n) is 6.42. The van der Waals surface area contributed by atoms with Crippen molar-refractivity contribution in [2.24, 2.45) is 5.92 Å². The average molecular weight is 233 g/mol. The van der Waals surface area contributed by atoms with Gasteiger partial charge in [-0.05, 0) is 34.1 Å². The van der Waals surface area contributed by atoms with Gasteiger partial charge in [-0.15, -0.1) is 0 Å². The lowest BCUT2D eigenvalue weighted by atomic mass is 9.88. The van der Waals surface area contributed by atoms with E-state index in [4.69, 9.17) is 5.11 Å². The zero-order chi connectivity index (χ0) is 13.6. The van der Waals surface area contributed by atoms with Crippen LogP contribution in [-0.4, -0.2) is 33.1 Å². The van der Waals surface area contributed by atoms with Gasteiger partial charge in [0.05, 0.1) is 0 Å². The Bertz CT molecular complexity index is 179. The summed E-state index contributed by atoms with van der Waals surface area (Å²) in [5.74, 6) is 0.164. The van der Waals surface area contributed by atoms with Crippen LogP contribution in [0.15, 0.2) is 0 Å². The van der Waals surface area contributed by atoms with E-state index in [2.05, 4.69) is 0 Å². The normalized spacial score (nSPS) is 26.2. The van der Waals surface area contributed by atoms with Gasteiger partial charge in [0.2, 0.25) is 0 Å². The van der Waals surface area contributed by atoms with Crippen LogP contribution in [0.3, 0.4) is 0 Å². The van der Waals surface area contributed by atoms with Crippen molar-refractivity contribution in [2.75, 3.05) is 6.61 Å². The van der Waals surface area contributed by atoms with Crippen molar-refractivity contribution < 1.29 is 10.3 Å². The zero-order valence-electron chi connectivity index (χ0n) is 12.3. The lowest BCUT2D eigenvalue weighted by Crippen LogP contribution is -2.47. The van der Waals surface area contributed by atoms with Gasteiger partial charge in [0.25, 0.3) is 0 Å². The molecular weight excluding hydrogens is 202 g/mol. The number of rotatable bonds is 1. The number of nitrogens with zero attached hydrogens (tertiary/aromatic N) is 1. The summed E-state index contributed by atoms with van der Waals surface area (Å²) in [5, 5.41) is 20.3. The van der Waals surface area contributed by atoms with E-state index in [1.54, 1.807) is 0 Å². The van der Waals surface area contributed by atoms with E-state index in [0.717, 1.165) is 6.42 Å². The predicted octanol–water partition coefficient (Wildman–Crippen LogP) is 3.30. The lowest BCUT2D eigenvalue weighted by molar-refractivity contribution is -0.197. The Balaban J connectivity index is 0. The highest BCUT2D eigenvalue weighted by atomic mass is 16.5. The quantitative estimate of drug-likeness (QED) is 0.730. The molecule has 16 heavy (non-hydrogen) atoms. The van der Waals surface area contributed by atoms with Crippen molar-refractivity contribution >= 4 is 0 Å². The molecule has 1 atom stereocenters. The molecule has 1 aliphatic rings. The van der Waals surface area contributed by atoms with Gasteiger partial charge in [-0.1, -0.05) is 27.7 Å². The largest absolute Gasteiger partial charge is 0.396 e. The topological polar surface area (TPSA) is 43.7 Å². The number of hydrogen-bond donors (Lipinski definition) is 2. The number of hydroxylamine groups is 2. The first kappa shape index (κ1) is 18.3. The first-order chi connectivity index (χ1) is 7.32. The molecule has 0 bridgehead atoms. The molecule has 1 aliphatic heterocycles. The average Bonchev–Trinajstić information content (AvgIpc) is 2.44. The second-order valence-corrected chi connectivity index (χ2v) is 4.86. The Morgan fingerprint density at radius 1 is 1.06 bits per heavy atom. The van der Waals surface area contributed by atoms with Crippen LogP contribution in [0.25, 0.3) is 0 Å². The molecule has 0 saturated carbocycles. The van der Waals surface area contributed by atoms with Crippen LogP contribution < -0.4 is 0 Å². The number of hydrogen-bond acceptors (Lipinski definition) is 3. The molecule has 0 spiro atoms. The monoisotopic (exact) mass is 233 g/mol. The van der Waals surface area contributed by atoms with Crippen molar-refractivity contribution in [3.8, 4) is 0 Å². The van der Waals surface area contributed by atoms with Crippen molar-refractivity contribution in [1.29, 1.82) is 0 Å². The van der Waals surface area contributed by atoms with Gasteiger partial charge in [-0.2, -0.15) is 5.06 Å². The Kier molecular flexibility index (Phi) is 8.27. The fraction of sp³-hybridized carbons (Fsp3) is 1.00. The Labute approximate surface area is 101 Å². The van der Waals surface area contributed by atoms with Crippen LogP contribution in [0.1, 0.15) is 61.8 Å². The van der Waals surface area contributed by atoms with Gasteiger partial charge in [0.1, 0.15) is 0 Å². The second-order valence-electron chi connectivity index (χ2n) is 4.86. The summed E-state index contributed by atoms with van der Waals surface area (Å²) in [6.45, 7) is 16.0. The molecule has 0 aromatic rings. The van der Waals surface area contributed by atoms with Gasteiger partial charge in [0, 0.05) is 23.6 Å². The second kappa shape index (κ2) is 7.25. The molecule has 0 amide bonds. The van der Waals surface area contributed by atoms with E-state index < -0.39 is 0 Å². The minimum absolute atomic E-state index is 0.146. The molecule has 1 unspecified atom stereocenters. The SMILES string of the molecule is CC.CC.CC1(C)CC(CO)C(C)(C)N1O. The van der Waals surface area contributed by atoms with Gasteiger partial charge in [-0.3, -0.25) is 0 Å². The highest BCUT2D eigenvalue weighted by molar-refractivity contribution is 5.01. The van der Waals surface area contributed by atoms with Crippen molar-refractivity contribution in [3.05, 3.63) is 0 Å². The first-order valence-corrected chi connectivity index (χ1v) is 6.42. The summed E-state index contributed by atoms with van der Waals surface area (Å²) in [4.78, 5) is 0. The zero-order valence-corrected chi connectivity index (χ0v) is 12.3. The third kappa shape index (κ3) is 3.72. The molecule has 3 heteroatoms. The summed E-state index contributed by atoms with van der Waals surface area (Å²) in [5.41, 5.74) is -0.519. The highest BCUT2D eigenvalue weighted by Crippen LogP contribution is 2.42. The van der Waals surface area contributed by atoms with Crippen LogP contribution in [-0.2, 0) is 0 Å². The van der Waals surface area contributed by atoms with Crippen molar-refractivity contribution in [1.82, 2.24) is 5.06 Å². The van der Waals surface area contributed by atoms with Crippen LogP contribution in [0.5, 0.6) is 0 Å². The molecule has 1 saturated heterocycles. The van der Waals surface area contributed by atoms with Crippen molar-refractivity contribution in [3.63, 3.8) is 0 Å². The summed E-state index contributed by atoms with van der Waals surface area (Å²) >= 11 is 0. The van der Waals surface area contributed by atoms with Gasteiger partial charge in [0.15, 0.2) is 0 Å². The molecule has 0 radical (unpaired) electrons. The molecule has 0 aromatic carbocycles. The van der Waals surface area contributed by atoms with Gasteiger partial charge in [-0.25, -0.2) is 0 Å². The van der Waals surface area contributed by atoms with E-state index in [1.807, 2.05) is 55.4 Å². The third-order valence-electron chi connectivity index (χ3n) is 3.08. The minimum atomic E-state index is -0.307. The lowest BCUT2D eigenvalue weighted by Gasteiger charge is -2.35. The molecule has 1 heterocycles. The van der Waals surface area contributed by atoms with Crippen molar-refractivity contribution in [2.45, 2.75) is 72.9 Å². The maximum Gasteiger partial charge on any atom is 0.0478 e. The maximum absolute atomic E-state index is 9.81. The van der Waals surface area contributed by atoms with Gasteiger partial charge < -0.3 is 10.3 Å². The van der Waals surface area contributed by atoms with E-state index in [-0.39, 0.29) is 23.6 Å². The minimum Gasteiger partial charge on any atom is -0.396 e. The fourth-order valence-corrected chi connectivity index (χ4v) is 2.18. The number of aliphatic hydroxyl groups excluding tert-OH is 1. The third-order valence-corrected chi connectivity index (χ3v) is 3.08. The summed E-state index contributed by atoms with van der Waals surface area (Å²) in [7, 11) is 0. The van der Waals surface area contributed by atoms with Crippen LogP contribution >= 0.6 is 0 Å². The van der Waals surface area contributed by atoms with Crippen LogP contribution in [0, 0.1) is 5.92 Å². The molecule has 0 aliphatic carbocycles. The standard InChI is InChI=1S/C9H19NO2.2C2H6/c1-8(2)5-7(6-11)9(3,4)10(8)12;2*1-2/h7,11-12H,5-6H2,1-4H3;2*1-2H3. The molecule has 3 nitrogen and oxygen atoms in total. The maximum atomic E-state index is 9.81. The highest BCUT2D eigenvalue weighted by Gasteiger charge is 2.50. The molecule has 1 rings (SSSR count). The molecular formula is C13H31NO2. The Morgan fingerprint density at radius 3 is 1.56 bits per heavy atom. The molecule has 100 valence electrons. The molecule has 2 N–H and O–H groups in total. The molecule has 1 fully saturated rings. The van der Waals surface area contributed by atoms with Gasteiger partial charge >= 0.3 is 0 Å². The van der Waals surface area contributed by atoms with E-state index >= 15 is 0 Å². The Hall–Kier alpha value is -0.120. The Morgan fingerprint density at radius 2 is 1.44 bits per heavy atom. The number of aliphatic hydroxyl groups is 1. The van der Waals surface area contributed by atoms with E-state index in [0.29, 0.717) is 0 Å². The smallest absolute Gasteiger partial charge is 0.0478 e. The van der Waals surface area contributed by atoms with E-state index in [1.165, 1.54) is 5.06 Å². The van der Waals surface area contributed by atoms with E-state index in [9.17, 15) is 5.21 Å². The summed E-state index contributed by atoms with van der Waals surface area (Å²) < 4.78 is 0. The van der Waals surface area contributed by atoms with Crippen LogP contribution in [0.2, 0.25) is 0 Å².